The number of carbonyl (C=O) groups is 1. The maximum absolute atomic E-state index is 12.3. The van der Waals surface area contributed by atoms with Gasteiger partial charge in [0.1, 0.15) is 17.1 Å². The summed E-state index contributed by atoms with van der Waals surface area (Å²) in [6.07, 6.45) is 5.91. The lowest BCUT2D eigenvalue weighted by Crippen LogP contribution is -2.81. The second-order valence-corrected chi connectivity index (χ2v) is 8.77. The van der Waals surface area contributed by atoms with Crippen molar-refractivity contribution in [3.63, 3.8) is 0 Å². The van der Waals surface area contributed by atoms with Gasteiger partial charge in [-0.05, 0) is 55.9 Å². The Kier molecular flexibility index (Phi) is 3.22. The third-order valence-electron chi connectivity index (χ3n) is 8.23. The Morgan fingerprint density at radius 2 is 2.12 bits per heavy atom. The van der Waals surface area contributed by atoms with E-state index in [1.165, 1.54) is 5.57 Å². The molecule has 4 nitrogen and oxygen atoms in total. The zero-order chi connectivity index (χ0) is 17.5. The van der Waals surface area contributed by atoms with Crippen molar-refractivity contribution in [3.8, 4) is 0 Å². The van der Waals surface area contributed by atoms with Crippen LogP contribution in [0.1, 0.15) is 46.5 Å². The lowest BCUT2D eigenvalue weighted by atomic mass is 9.39. The second kappa shape index (κ2) is 4.73. The standard InChI is InChI=1S/C20H28O4/c1-5-12-6-7-14-13(11(12)2)10-15(21)20(23)18(14,3)9-8-16-19(20,4)17(22)24-16/h5-6,11,13-16,21,23H,1,7-10H2,2-4H3. The first-order valence-corrected chi connectivity index (χ1v) is 9.15. The highest BCUT2D eigenvalue weighted by molar-refractivity contribution is 5.85. The van der Waals surface area contributed by atoms with Crippen molar-refractivity contribution in [2.24, 2.45) is 28.6 Å². The molecule has 4 aliphatic rings. The molecule has 132 valence electrons. The molecule has 24 heavy (non-hydrogen) atoms. The van der Waals surface area contributed by atoms with Crippen LogP contribution in [-0.4, -0.2) is 34.0 Å². The van der Waals surface area contributed by atoms with Crippen molar-refractivity contribution in [1.82, 2.24) is 0 Å². The minimum absolute atomic E-state index is 0.260. The molecule has 2 N–H and O–H groups in total. The summed E-state index contributed by atoms with van der Waals surface area (Å²) in [4.78, 5) is 12.3. The van der Waals surface area contributed by atoms with Crippen LogP contribution < -0.4 is 0 Å². The van der Waals surface area contributed by atoms with Crippen LogP contribution in [0.3, 0.4) is 0 Å². The van der Waals surface area contributed by atoms with E-state index in [4.69, 9.17) is 4.74 Å². The van der Waals surface area contributed by atoms with Gasteiger partial charge in [-0.1, -0.05) is 32.6 Å². The molecule has 8 unspecified atom stereocenters. The third-order valence-corrected chi connectivity index (χ3v) is 8.23. The van der Waals surface area contributed by atoms with Gasteiger partial charge in [-0.3, -0.25) is 4.79 Å². The summed E-state index contributed by atoms with van der Waals surface area (Å²) in [6.45, 7) is 9.98. The van der Waals surface area contributed by atoms with Crippen LogP contribution in [0.25, 0.3) is 0 Å². The van der Waals surface area contributed by atoms with Gasteiger partial charge in [0.25, 0.3) is 0 Å². The van der Waals surface area contributed by atoms with E-state index in [2.05, 4.69) is 26.5 Å². The fraction of sp³-hybridized carbons (Fsp3) is 0.750. The Morgan fingerprint density at radius 1 is 1.42 bits per heavy atom. The Hall–Kier alpha value is -1.13. The lowest BCUT2D eigenvalue weighted by Gasteiger charge is -2.70. The Balaban J connectivity index is 1.83. The largest absolute Gasteiger partial charge is 0.460 e. The van der Waals surface area contributed by atoms with Gasteiger partial charge >= 0.3 is 5.97 Å². The normalized spacial score (nSPS) is 56.0. The van der Waals surface area contributed by atoms with E-state index in [9.17, 15) is 15.0 Å². The van der Waals surface area contributed by atoms with Crippen LogP contribution in [0.15, 0.2) is 24.3 Å². The van der Waals surface area contributed by atoms with E-state index in [1.807, 2.05) is 6.08 Å². The van der Waals surface area contributed by atoms with Crippen LogP contribution in [-0.2, 0) is 9.53 Å². The van der Waals surface area contributed by atoms with Gasteiger partial charge in [-0.15, -0.1) is 0 Å². The van der Waals surface area contributed by atoms with Gasteiger partial charge in [0.15, 0.2) is 0 Å². The number of ether oxygens (including phenoxy) is 1. The molecule has 1 heterocycles. The summed E-state index contributed by atoms with van der Waals surface area (Å²) in [5.74, 6) is 0.524. The summed E-state index contributed by atoms with van der Waals surface area (Å²) < 4.78 is 5.31. The van der Waals surface area contributed by atoms with Gasteiger partial charge in [0.2, 0.25) is 0 Å². The van der Waals surface area contributed by atoms with Crippen LogP contribution >= 0.6 is 0 Å². The third kappa shape index (κ3) is 1.51. The van der Waals surface area contributed by atoms with Crippen LogP contribution in [0, 0.1) is 28.6 Å². The molecule has 0 radical (unpaired) electrons. The number of fused-ring (bicyclic) bond motifs is 5. The van der Waals surface area contributed by atoms with Gasteiger partial charge < -0.3 is 14.9 Å². The average molecular weight is 332 g/mol. The number of rotatable bonds is 1. The summed E-state index contributed by atoms with van der Waals surface area (Å²) in [7, 11) is 0. The first-order chi connectivity index (χ1) is 11.2. The maximum Gasteiger partial charge on any atom is 0.318 e. The number of carbonyl (C=O) groups excluding carboxylic acids is 1. The van der Waals surface area contributed by atoms with Gasteiger partial charge in [-0.25, -0.2) is 0 Å². The van der Waals surface area contributed by atoms with Crippen molar-refractivity contribution in [2.45, 2.75) is 64.3 Å². The number of aliphatic hydroxyl groups excluding tert-OH is 1. The van der Waals surface area contributed by atoms with Crippen molar-refractivity contribution in [3.05, 3.63) is 24.3 Å². The van der Waals surface area contributed by atoms with E-state index >= 15 is 0 Å². The topological polar surface area (TPSA) is 66.8 Å². The highest BCUT2D eigenvalue weighted by atomic mass is 16.6. The Labute approximate surface area is 143 Å². The molecule has 1 aliphatic heterocycles. The number of allylic oxidation sites excluding steroid dienone is 3. The fourth-order valence-electron chi connectivity index (χ4n) is 6.62. The molecule has 8 atom stereocenters. The van der Waals surface area contributed by atoms with E-state index in [0.717, 1.165) is 19.3 Å². The highest BCUT2D eigenvalue weighted by Crippen LogP contribution is 2.69. The fourth-order valence-corrected chi connectivity index (χ4v) is 6.62. The maximum atomic E-state index is 12.3. The molecule has 2 saturated carbocycles. The summed E-state index contributed by atoms with van der Waals surface area (Å²) in [5, 5.41) is 22.8. The van der Waals surface area contributed by atoms with E-state index in [1.54, 1.807) is 6.92 Å². The smallest absolute Gasteiger partial charge is 0.318 e. The Bertz CT molecular complexity index is 640. The lowest BCUT2D eigenvalue weighted by molar-refractivity contribution is -0.339. The number of esters is 1. The highest BCUT2D eigenvalue weighted by Gasteiger charge is 2.79. The molecule has 0 aromatic heterocycles. The average Bonchev–Trinajstić information content (AvgIpc) is 2.56. The molecule has 0 amide bonds. The molecule has 4 rings (SSSR count). The molecule has 0 aromatic carbocycles. The molecular weight excluding hydrogens is 304 g/mol. The number of hydrogen-bond acceptors (Lipinski definition) is 4. The molecule has 3 aliphatic carbocycles. The van der Waals surface area contributed by atoms with Gasteiger partial charge in [-0.2, -0.15) is 0 Å². The quantitative estimate of drug-likeness (QED) is 0.724. The SMILES string of the molecule is C=CC1=CCC2C(CC(O)C3(O)C2(C)CCC2OC(=O)C23C)C1C. The zero-order valence-corrected chi connectivity index (χ0v) is 14.8. The van der Waals surface area contributed by atoms with Crippen molar-refractivity contribution in [2.75, 3.05) is 0 Å². The summed E-state index contributed by atoms with van der Waals surface area (Å²) in [6, 6.07) is 0. The molecule has 0 aromatic rings. The first-order valence-electron chi connectivity index (χ1n) is 9.15. The zero-order valence-electron chi connectivity index (χ0n) is 14.8. The van der Waals surface area contributed by atoms with Crippen LogP contribution in [0.4, 0.5) is 0 Å². The molecule has 1 saturated heterocycles. The second-order valence-electron chi connectivity index (χ2n) is 8.77. The Morgan fingerprint density at radius 3 is 2.75 bits per heavy atom. The van der Waals surface area contributed by atoms with E-state index in [0.29, 0.717) is 18.3 Å². The summed E-state index contributed by atoms with van der Waals surface area (Å²) in [5.41, 5.74) is -1.66. The van der Waals surface area contributed by atoms with E-state index in [-0.39, 0.29) is 18.0 Å². The van der Waals surface area contributed by atoms with Crippen molar-refractivity contribution < 1.29 is 19.7 Å². The molecule has 4 heteroatoms. The minimum Gasteiger partial charge on any atom is -0.460 e. The summed E-state index contributed by atoms with van der Waals surface area (Å²) >= 11 is 0. The molecule has 0 bridgehead atoms. The minimum atomic E-state index is -1.42. The number of aliphatic hydroxyl groups is 2. The van der Waals surface area contributed by atoms with Crippen molar-refractivity contribution in [1.29, 1.82) is 0 Å². The molecule has 3 fully saturated rings. The first kappa shape index (κ1) is 16.3. The predicted octanol–water partition coefficient (Wildman–Crippen LogP) is 2.60. The van der Waals surface area contributed by atoms with Crippen LogP contribution in [0.2, 0.25) is 0 Å². The van der Waals surface area contributed by atoms with Crippen LogP contribution in [0.5, 0.6) is 0 Å². The molecule has 0 spiro atoms. The van der Waals surface area contributed by atoms with Crippen molar-refractivity contribution >= 4 is 5.97 Å². The van der Waals surface area contributed by atoms with Gasteiger partial charge in [0, 0.05) is 5.41 Å². The number of hydrogen-bond donors (Lipinski definition) is 2. The monoisotopic (exact) mass is 332 g/mol. The van der Waals surface area contributed by atoms with Gasteiger partial charge in [0.05, 0.1) is 6.10 Å². The molecular formula is C20H28O4. The van der Waals surface area contributed by atoms with E-state index < -0.39 is 22.5 Å². The predicted molar refractivity (Wildman–Crippen MR) is 89.9 cm³/mol.